The number of ether oxygens (including phenoxy) is 1. The Balaban J connectivity index is 1.61. The molecule has 0 saturated carbocycles. The van der Waals surface area contributed by atoms with Gasteiger partial charge in [-0.3, -0.25) is 19.6 Å². The first-order valence-corrected chi connectivity index (χ1v) is 9.16. The van der Waals surface area contributed by atoms with Crippen molar-refractivity contribution >= 4 is 29.3 Å². The summed E-state index contributed by atoms with van der Waals surface area (Å²) in [6, 6.07) is 6.79. The minimum Gasteiger partial charge on any atom is -0.454 e. The van der Waals surface area contributed by atoms with E-state index in [1.54, 1.807) is 0 Å². The smallest absolute Gasteiger partial charge is 0.341 e. The third kappa shape index (κ3) is 5.42. The zero-order valence-electron chi connectivity index (χ0n) is 15.0. The van der Waals surface area contributed by atoms with E-state index in [0.29, 0.717) is 0 Å². The Morgan fingerprint density at radius 3 is 2.79 bits per heavy atom. The third-order valence-corrected chi connectivity index (χ3v) is 4.33. The van der Waals surface area contributed by atoms with Crippen LogP contribution in [0.2, 0.25) is 0 Å². The Bertz CT molecular complexity index is 1100. The molecule has 0 aliphatic rings. The molecular weight excluding hydrogens is 403 g/mol. The summed E-state index contributed by atoms with van der Waals surface area (Å²) >= 11 is 1.02. The molecule has 29 heavy (non-hydrogen) atoms. The van der Waals surface area contributed by atoms with E-state index >= 15 is 0 Å². The van der Waals surface area contributed by atoms with Crippen molar-refractivity contribution in [2.75, 3.05) is 18.1 Å². The van der Waals surface area contributed by atoms with Crippen molar-refractivity contribution in [1.29, 1.82) is 0 Å². The van der Waals surface area contributed by atoms with Gasteiger partial charge < -0.3 is 15.4 Å². The highest BCUT2D eigenvalue weighted by Gasteiger charge is 2.11. The number of H-pyrrole nitrogens is 2. The number of benzene rings is 1. The van der Waals surface area contributed by atoms with Gasteiger partial charge in [0.15, 0.2) is 16.7 Å². The summed E-state index contributed by atoms with van der Waals surface area (Å²) in [4.78, 5) is 40.8. The molecule has 0 radical (unpaired) electrons. The maximum absolute atomic E-state index is 14.3. The molecule has 0 saturated heterocycles. The van der Waals surface area contributed by atoms with Crippen LogP contribution in [0.25, 0.3) is 0 Å². The monoisotopic (exact) mass is 418 g/mol. The number of thioether (sulfide) groups is 1. The average molecular weight is 418 g/mol. The molecule has 0 bridgehead atoms. The molecule has 2 amide bonds. The second kappa shape index (κ2) is 9.01. The molecule has 0 aliphatic carbocycles. The van der Waals surface area contributed by atoms with E-state index in [4.69, 9.17) is 4.74 Å². The van der Waals surface area contributed by atoms with E-state index < -0.39 is 23.3 Å². The van der Waals surface area contributed by atoms with Crippen molar-refractivity contribution in [3.63, 3.8) is 0 Å². The maximum atomic E-state index is 14.3. The molecule has 0 atom stereocenters. The standard InChI is InChI=1S/C17H15FN6O4S/c1-19-15(26)12-7-10(4-5-20-12)28-13-3-2-9(6-11(13)18)21-14(25)8-29-17-22-16(27)23-24-17/h2-7H,8H2,1H3,(H,19,26)(H,21,25)(H2,22,23,24,27). The lowest BCUT2D eigenvalue weighted by Gasteiger charge is -2.10. The Hall–Kier alpha value is -3.67. The summed E-state index contributed by atoms with van der Waals surface area (Å²) in [5.41, 5.74) is -0.107. The summed E-state index contributed by atoms with van der Waals surface area (Å²) in [6.45, 7) is 0. The number of amides is 2. The molecule has 2 aromatic heterocycles. The Kier molecular flexibility index (Phi) is 6.24. The van der Waals surface area contributed by atoms with Gasteiger partial charge in [0.25, 0.3) is 5.91 Å². The van der Waals surface area contributed by atoms with Gasteiger partial charge in [0.05, 0.1) is 5.75 Å². The van der Waals surface area contributed by atoms with Crippen LogP contribution in [0.4, 0.5) is 10.1 Å². The normalized spacial score (nSPS) is 10.4. The van der Waals surface area contributed by atoms with Gasteiger partial charge in [-0.1, -0.05) is 11.8 Å². The number of hydrogen-bond acceptors (Lipinski definition) is 7. The first kappa shape index (κ1) is 20.1. The zero-order chi connectivity index (χ0) is 20.8. The number of nitrogens with zero attached hydrogens (tertiary/aromatic N) is 2. The van der Waals surface area contributed by atoms with Crippen LogP contribution in [0.3, 0.4) is 0 Å². The van der Waals surface area contributed by atoms with Crippen LogP contribution < -0.4 is 21.1 Å². The fraction of sp³-hybridized carbons (Fsp3) is 0.118. The van der Waals surface area contributed by atoms with Crippen LogP contribution >= 0.6 is 11.8 Å². The summed E-state index contributed by atoms with van der Waals surface area (Å²) in [5, 5.41) is 11.1. The highest BCUT2D eigenvalue weighted by atomic mass is 32.2. The van der Waals surface area contributed by atoms with E-state index in [1.165, 1.54) is 37.5 Å². The molecule has 2 heterocycles. The van der Waals surface area contributed by atoms with Crippen molar-refractivity contribution in [1.82, 2.24) is 25.5 Å². The number of aromatic amines is 2. The van der Waals surface area contributed by atoms with Gasteiger partial charge in [-0.25, -0.2) is 14.3 Å². The highest BCUT2D eigenvalue weighted by molar-refractivity contribution is 7.99. The lowest BCUT2D eigenvalue weighted by molar-refractivity contribution is -0.113. The number of rotatable bonds is 7. The lowest BCUT2D eigenvalue weighted by atomic mass is 10.2. The van der Waals surface area contributed by atoms with E-state index in [-0.39, 0.29) is 33.8 Å². The van der Waals surface area contributed by atoms with Crippen molar-refractivity contribution in [2.24, 2.45) is 0 Å². The van der Waals surface area contributed by atoms with Crippen molar-refractivity contribution in [3.05, 3.63) is 58.5 Å². The van der Waals surface area contributed by atoms with Gasteiger partial charge >= 0.3 is 5.69 Å². The van der Waals surface area contributed by atoms with Gasteiger partial charge in [0, 0.05) is 31.1 Å². The topological polar surface area (TPSA) is 142 Å². The molecule has 0 fully saturated rings. The second-order valence-electron chi connectivity index (χ2n) is 5.52. The predicted molar refractivity (Wildman–Crippen MR) is 103 cm³/mol. The minimum atomic E-state index is -0.703. The number of pyridine rings is 1. The fourth-order valence-corrected chi connectivity index (χ4v) is 2.78. The van der Waals surface area contributed by atoms with Crippen LogP contribution in [0.5, 0.6) is 11.5 Å². The number of aromatic nitrogens is 4. The van der Waals surface area contributed by atoms with E-state index in [9.17, 15) is 18.8 Å². The van der Waals surface area contributed by atoms with Crippen LogP contribution in [-0.4, -0.2) is 44.8 Å². The number of halogens is 1. The van der Waals surface area contributed by atoms with Crippen molar-refractivity contribution in [3.8, 4) is 11.5 Å². The molecule has 3 aromatic rings. The molecule has 12 heteroatoms. The van der Waals surface area contributed by atoms with E-state index in [1.807, 2.05) is 0 Å². The largest absolute Gasteiger partial charge is 0.454 e. The quantitative estimate of drug-likeness (QED) is 0.426. The first-order chi connectivity index (χ1) is 13.9. The van der Waals surface area contributed by atoms with Gasteiger partial charge in [-0.05, 0) is 18.2 Å². The third-order valence-electron chi connectivity index (χ3n) is 3.45. The average Bonchev–Trinajstić information content (AvgIpc) is 3.13. The Morgan fingerprint density at radius 2 is 2.10 bits per heavy atom. The van der Waals surface area contributed by atoms with Crippen LogP contribution in [-0.2, 0) is 4.79 Å². The molecule has 10 nitrogen and oxygen atoms in total. The summed E-state index contributed by atoms with van der Waals surface area (Å²) in [5.74, 6) is -1.38. The molecule has 0 aliphatic heterocycles. The Morgan fingerprint density at radius 1 is 1.28 bits per heavy atom. The van der Waals surface area contributed by atoms with Gasteiger partial charge in [-0.15, -0.1) is 5.10 Å². The second-order valence-corrected chi connectivity index (χ2v) is 6.49. The van der Waals surface area contributed by atoms with E-state index in [2.05, 4.69) is 30.8 Å². The molecule has 150 valence electrons. The van der Waals surface area contributed by atoms with Gasteiger partial charge in [0.1, 0.15) is 11.4 Å². The molecule has 3 rings (SSSR count). The number of anilines is 1. The molecule has 1 aromatic carbocycles. The maximum Gasteiger partial charge on any atom is 0.341 e. The van der Waals surface area contributed by atoms with Crippen LogP contribution in [0, 0.1) is 5.82 Å². The van der Waals surface area contributed by atoms with Crippen LogP contribution in [0.1, 0.15) is 10.5 Å². The SMILES string of the molecule is CNC(=O)c1cc(Oc2ccc(NC(=O)CSc3n[nH]c(=O)[nH]3)cc2F)ccn1. The highest BCUT2D eigenvalue weighted by Crippen LogP contribution is 2.27. The summed E-state index contributed by atoms with van der Waals surface area (Å²) in [7, 11) is 1.47. The molecule has 4 N–H and O–H groups in total. The zero-order valence-corrected chi connectivity index (χ0v) is 15.8. The van der Waals surface area contributed by atoms with Gasteiger partial charge in [0.2, 0.25) is 5.91 Å². The summed E-state index contributed by atoms with van der Waals surface area (Å²) in [6.07, 6.45) is 1.37. The van der Waals surface area contributed by atoms with E-state index in [0.717, 1.165) is 17.8 Å². The van der Waals surface area contributed by atoms with Gasteiger partial charge in [-0.2, -0.15) is 0 Å². The predicted octanol–water partition coefficient (Wildman–Crippen LogP) is 1.51. The van der Waals surface area contributed by atoms with Crippen molar-refractivity contribution < 1.29 is 18.7 Å². The lowest BCUT2D eigenvalue weighted by Crippen LogP contribution is -2.18. The molecule has 0 spiro atoms. The Labute approximate surface area is 167 Å². The summed E-state index contributed by atoms with van der Waals surface area (Å²) < 4.78 is 19.8. The first-order valence-electron chi connectivity index (χ1n) is 8.17. The fourth-order valence-electron chi connectivity index (χ4n) is 2.17. The molecule has 0 unspecified atom stereocenters. The number of carbonyl (C=O) groups is 2. The number of carbonyl (C=O) groups excluding carboxylic acids is 2. The number of nitrogens with one attached hydrogen (secondary N) is 4. The number of hydrogen-bond donors (Lipinski definition) is 4. The molecular formula is C17H15FN6O4S. The van der Waals surface area contributed by atoms with Crippen LogP contribution in [0.15, 0.2) is 46.5 Å². The minimum absolute atomic E-state index is 0.0278. The van der Waals surface area contributed by atoms with Crippen molar-refractivity contribution in [2.45, 2.75) is 5.16 Å².